The molecule has 5 heteroatoms. The Balaban J connectivity index is 2.28. The summed E-state index contributed by atoms with van der Waals surface area (Å²) in [6.45, 7) is 0. The molecule has 0 amide bonds. The largest absolute Gasteiger partial charge is 0.478 e. The Hall–Kier alpha value is -2.40. The van der Waals surface area contributed by atoms with Crippen LogP contribution in [0.25, 0.3) is 10.8 Å². The van der Waals surface area contributed by atoms with Gasteiger partial charge in [0, 0.05) is 0 Å². The van der Waals surface area contributed by atoms with Crippen LogP contribution in [0.5, 0.6) is 0 Å². The monoisotopic (exact) mass is 273 g/mol. The number of ether oxygens (including phenoxy) is 1. The molecular formula is C15H15NO4. The zero-order valence-corrected chi connectivity index (χ0v) is 11.0. The van der Waals surface area contributed by atoms with Gasteiger partial charge in [0.15, 0.2) is 0 Å². The van der Waals surface area contributed by atoms with Crippen LogP contribution in [-0.2, 0) is 16.0 Å². The predicted octanol–water partition coefficient (Wildman–Crippen LogP) is 1.58. The van der Waals surface area contributed by atoms with Crippen molar-refractivity contribution in [3.8, 4) is 0 Å². The first kappa shape index (κ1) is 14.0. The first-order valence-electron chi connectivity index (χ1n) is 6.10. The van der Waals surface area contributed by atoms with E-state index in [1.165, 1.54) is 7.11 Å². The average Bonchev–Trinajstić information content (AvgIpc) is 2.45. The zero-order valence-electron chi connectivity index (χ0n) is 11.0. The van der Waals surface area contributed by atoms with Crippen molar-refractivity contribution in [1.29, 1.82) is 0 Å². The van der Waals surface area contributed by atoms with E-state index in [2.05, 4.69) is 4.74 Å². The maximum atomic E-state index is 11.3. The standard InChI is InChI=1S/C15H15NO4/c1-20-15(19)13(16)7-9-2-3-11-8-12(14(17)18)5-4-10(11)6-9/h2-6,8,13H,7,16H2,1H3,(H,17,18)/t13-/m1/s1. The lowest BCUT2D eigenvalue weighted by Gasteiger charge is -2.10. The number of methoxy groups -OCH3 is 1. The number of esters is 1. The highest BCUT2D eigenvalue weighted by Gasteiger charge is 2.14. The van der Waals surface area contributed by atoms with Gasteiger partial charge in [-0.3, -0.25) is 4.79 Å². The Morgan fingerprint density at radius 2 is 1.85 bits per heavy atom. The molecule has 0 spiro atoms. The third-order valence-corrected chi connectivity index (χ3v) is 3.11. The van der Waals surface area contributed by atoms with Crippen molar-refractivity contribution in [3.63, 3.8) is 0 Å². The van der Waals surface area contributed by atoms with Gasteiger partial charge in [-0.1, -0.05) is 24.3 Å². The number of nitrogens with two attached hydrogens (primary N) is 1. The lowest BCUT2D eigenvalue weighted by Crippen LogP contribution is -2.33. The van der Waals surface area contributed by atoms with Crippen LogP contribution in [0.15, 0.2) is 36.4 Å². The normalized spacial score (nSPS) is 12.1. The molecule has 0 bridgehead atoms. The Kier molecular flexibility index (Phi) is 4.00. The summed E-state index contributed by atoms with van der Waals surface area (Å²) in [4.78, 5) is 22.2. The predicted molar refractivity (Wildman–Crippen MR) is 74.6 cm³/mol. The summed E-state index contributed by atoms with van der Waals surface area (Å²) >= 11 is 0. The Morgan fingerprint density at radius 3 is 2.50 bits per heavy atom. The molecule has 2 aromatic rings. The molecule has 3 N–H and O–H groups in total. The third-order valence-electron chi connectivity index (χ3n) is 3.11. The number of hydrogen-bond acceptors (Lipinski definition) is 4. The molecule has 0 radical (unpaired) electrons. The smallest absolute Gasteiger partial charge is 0.335 e. The summed E-state index contributed by atoms with van der Waals surface area (Å²) in [6.07, 6.45) is 0.378. The second-order valence-electron chi connectivity index (χ2n) is 4.54. The number of rotatable bonds is 4. The van der Waals surface area contributed by atoms with Crippen LogP contribution in [0.1, 0.15) is 15.9 Å². The Bertz CT molecular complexity index is 666. The third kappa shape index (κ3) is 2.95. The molecule has 0 fully saturated rings. The summed E-state index contributed by atoms with van der Waals surface area (Å²) in [6, 6.07) is 9.75. The highest BCUT2D eigenvalue weighted by molar-refractivity contribution is 5.94. The number of fused-ring (bicyclic) bond motifs is 1. The van der Waals surface area contributed by atoms with Crippen LogP contribution in [-0.4, -0.2) is 30.2 Å². The van der Waals surface area contributed by atoms with E-state index in [0.717, 1.165) is 16.3 Å². The highest BCUT2D eigenvalue weighted by Crippen LogP contribution is 2.19. The molecule has 20 heavy (non-hydrogen) atoms. The van der Waals surface area contributed by atoms with Crippen molar-refractivity contribution in [2.45, 2.75) is 12.5 Å². The number of carbonyl (C=O) groups excluding carboxylic acids is 1. The van der Waals surface area contributed by atoms with Gasteiger partial charge >= 0.3 is 11.9 Å². The quantitative estimate of drug-likeness (QED) is 0.825. The minimum Gasteiger partial charge on any atom is -0.478 e. The Morgan fingerprint density at radius 1 is 1.20 bits per heavy atom. The van der Waals surface area contributed by atoms with E-state index < -0.39 is 18.0 Å². The number of benzene rings is 2. The molecule has 0 aromatic heterocycles. The molecule has 5 nitrogen and oxygen atoms in total. The second-order valence-corrected chi connectivity index (χ2v) is 4.54. The molecular weight excluding hydrogens is 258 g/mol. The van der Waals surface area contributed by atoms with Crippen molar-refractivity contribution in [2.75, 3.05) is 7.11 Å². The van der Waals surface area contributed by atoms with E-state index >= 15 is 0 Å². The molecule has 0 aliphatic carbocycles. The van der Waals surface area contributed by atoms with Crippen LogP contribution in [0.3, 0.4) is 0 Å². The molecule has 1 atom stereocenters. The van der Waals surface area contributed by atoms with Gasteiger partial charge in [0.2, 0.25) is 0 Å². The zero-order chi connectivity index (χ0) is 14.7. The topological polar surface area (TPSA) is 89.6 Å². The maximum Gasteiger partial charge on any atom is 0.335 e. The number of carbonyl (C=O) groups is 2. The fourth-order valence-corrected chi connectivity index (χ4v) is 2.04. The van der Waals surface area contributed by atoms with E-state index in [1.807, 2.05) is 18.2 Å². The van der Waals surface area contributed by atoms with Crippen LogP contribution < -0.4 is 5.73 Å². The minimum absolute atomic E-state index is 0.247. The molecule has 0 saturated carbocycles. The molecule has 2 rings (SSSR count). The van der Waals surface area contributed by atoms with E-state index in [9.17, 15) is 9.59 Å². The van der Waals surface area contributed by atoms with Gasteiger partial charge in [-0.25, -0.2) is 4.79 Å². The van der Waals surface area contributed by atoms with Gasteiger partial charge in [-0.2, -0.15) is 0 Å². The second kappa shape index (κ2) is 5.71. The van der Waals surface area contributed by atoms with Crippen molar-refractivity contribution in [3.05, 3.63) is 47.5 Å². The first-order chi connectivity index (χ1) is 9.51. The SMILES string of the molecule is COC(=O)[C@H](N)Cc1ccc2cc(C(=O)O)ccc2c1. The summed E-state index contributed by atoms with van der Waals surface area (Å²) in [7, 11) is 1.30. The molecule has 0 aliphatic rings. The van der Waals surface area contributed by atoms with Gasteiger partial charge in [-0.15, -0.1) is 0 Å². The van der Waals surface area contributed by atoms with Gasteiger partial charge < -0.3 is 15.6 Å². The summed E-state index contributed by atoms with van der Waals surface area (Å²) in [5.41, 5.74) is 6.86. The number of hydrogen-bond donors (Lipinski definition) is 2. The van der Waals surface area contributed by atoms with Crippen molar-refractivity contribution in [2.24, 2.45) is 5.73 Å². The van der Waals surface area contributed by atoms with E-state index in [1.54, 1.807) is 18.2 Å². The van der Waals surface area contributed by atoms with Crippen LogP contribution in [0.2, 0.25) is 0 Å². The number of carboxylic acid groups (broad SMARTS) is 1. The molecule has 0 saturated heterocycles. The minimum atomic E-state index is -0.955. The fraction of sp³-hybridized carbons (Fsp3) is 0.200. The number of aromatic carboxylic acids is 1. The van der Waals surface area contributed by atoms with Crippen molar-refractivity contribution in [1.82, 2.24) is 0 Å². The van der Waals surface area contributed by atoms with Gasteiger partial charge in [0.1, 0.15) is 6.04 Å². The maximum absolute atomic E-state index is 11.3. The molecule has 0 heterocycles. The summed E-state index contributed by atoms with van der Waals surface area (Å²) < 4.78 is 4.58. The van der Waals surface area contributed by atoms with E-state index in [0.29, 0.717) is 6.42 Å². The van der Waals surface area contributed by atoms with E-state index in [4.69, 9.17) is 10.8 Å². The lowest BCUT2D eigenvalue weighted by atomic mass is 10.0. The summed E-state index contributed by atoms with van der Waals surface area (Å²) in [5, 5.41) is 10.7. The average molecular weight is 273 g/mol. The van der Waals surface area contributed by atoms with Crippen molar-refractivity contribution < 1.29 is 19.4 Å². The van der Waals surface area contributed by atoms with E-state index in [-0.39, 0.29) is 5.56 Å². The Labute approximate surface area is 116 Å². The van der Waals surface area contributed by atoms with Crippen LogP contribution in [0, 0.1) is 0 Å². The number of carboxylic acids is 1. The van der Waals surface area contributed by atoms with Crippen LogP contribution >= 0.6 is 0 Å². The molecule has 104 valence electrons. The van der Waals surface area contributed by atoms with Gasteiger partial charge in [0.25, 0.3) is 0 Å². The molecule has 0 unspecified atom stereocenters. The van der Waals surface area contributed by atoms with Gasteiger partial charge in [-0.05, 0) is 34.9 Å². The van der Waals surface area contributed by atoms with Crippen LogP contribution in [0.4, 0.5) is 0 Å². The molecule has 2 aromatic carbocycles. The van der Waals surface area contributed by atoms with Crippen molar-refractivity contribution >= 4 is 22.7 Å². The lowest BCUT2D eigenvalue weighted by molar-refractivity contribution is -0.142. The molecule has 0 aliphatic heterocycles. The first-order valence-corrected chi connectivity index (χ1v) is 6.10. The fourth-order valence-electron chi connectivity index (χ4n) is 2.04. The summed E-state index contributed by atoms with van der Waals surface area (Å²) in [5.74, 6) is -1.41. The van der Waals surface area contributed by atoms with Gasteiger partial charge in [0.05, 0.1) is 12.7 Å². The highest BCUT2D eigenvalue weighted by atomic mass is 16.5.